The Balaban J connectivity index is 1.69. The molecular weight excluding hydrogens is 476 g/mol. The second kappa shape index (κ2) is 10.6. The number of ether oxygens (including phenoxy) is 3. The quantitative estimate of drug-likeness (QED) is 0.249. The lowest BCUT2D eigenvalue weighted by Crippen LogP contribution is -2.36. The number of carbonyl (C=O) groups is 1. The van der Waals surface area contributed by atoms with Crippen LogP contribution in [0, 0.1) is 10.1 Å². The van der Waals surface area contributed by atoms with Crippen LogP contribution in [0.3, 0.4) is 0 Å². The number of hydrogen-bond acceptors (Lipinski definition) is 8. The average Bonchev–Trinajstić information content (AvgIpc) is 2.94. The fourth-order valence-electron chi connectivity index (χ4n) is 3.82. The molecule has 0 bridgehead atoms. The van der Waals surface area contributed by atoms with E-state index in [-0.39, 0.29) is 5.69 Å². The molecule has 0 aliphatic heterocycles. The van der Waals surface area contributed by atoms with Crippen molar-refractivity contribution >= 4 is 28.2 Å². The number of fused-ring (bicyclic) bond motifs is 1. The van der Waals surface area contributed by atoms with Crippen LogP contribution in [0.1, 0.15) is 15.9 Å². The van der Waals surface area contributed by atoms with E-state index in [0.29, 0.717) is 56.2 Å². The van der Waals surface area contributed by atoms with Gasteiger partial charge in [-0.2, -0.15) is 0 Å². The number of pyridine rings is 1. The van der Waals surface area contributed by atoms with Gasteiger partial charge in [-0.25, -0.2) is 4.98 Å². The SMILES string of the molecule is C=C(NNC(=O)c1cc(-c2cc(OC)c(OC)c(OC)c2)nc2ccccc12)c1cccc([N+](=O)[O-])c1. The summed E-state index contributed by atoms with van der Waals surface area (Å²) >= 11 is 0. The van der Waals surface area contributed by atoms with Gasteiger partial charge in [0, 0.05) is 28.6 Å². The molecule has 10 nitrogen and oxygen atoms in total. The van der Waals surface area contributed by atoms with Crippen LogP contribution in [0.4, 0.5) is 5.69 Å². The van der Waals surface area contributed by atoms with Crippen LogP contribution in [0.25, 0.3) is 27.9 Å². The number of hydrazine groups is 1. The minimum absolute atomic E-state index is 0.0816. The number of amides is 1. The van der Waals surface area contributed by atoms with Crippen molar-refractivity contribution in [3.63, 3.8) is 0 Å². The van der Waals surface area contributed by atoms with Gasteiger partial charge in [0.1, 0.15) is 0 Å². The lowest BCUT2D eigenvalue weighted by atomic mass is 10.0. The molecule has 37 heavy (non-hydrogen) atoms. The first kappa shape index (κ1) is 25.0. The Morgan fingerprint density at radius 2 is 1.62 bits per heavy atom. The minimum atomic E-state index is -0.497. The summed E-state index contributed by atoms with van der Waals surface area (Å²) in [5, 5.41) is 11.7. The van der Waals surface area contributed by atoms with Gasteiger partial charge in [-0.1, -0.05) is 36.9 Å². The van der Waals surface area contributed by atoms with Crippen LogP contribution in [-0.4, -0.2) is 37.1 Å². The van der Waals surface area contributed by atoms with Crippen molar-refractivity contribution in [2.45, 2.75) is 0 Å². The molecule has 0 radical (unpaired) electrons. The second-order valence-corrected chi connectivity index (χ2v) is 7.85. The average molecular weight is 501 g/mol. The van der Waals surface area contributed by atoms with Crippen molar-refractivity contribution in [2.75, 3.05) is 21.3 Å². The first-order chi connectivity index (χ1) is 17.9. The standard InChI is InChI=1S/C27H24N4O6/c1-16(17-8-7-9-19(12-17)31(33)34)29-30-27(32)21-15-23(28-22-11-6-5-10-20(21)22)18-13-24(35-2)26(37-4)25(14-18)36-3/h5-15,29H,1H2,2-4H3,(H,30,32). The second-order valence-electron chi connectivity index (χ2n) is 7.85. The van der Waals surface area contributed by atoms with E-state index in [1.54, 1.807) is 36.4 Å². The Morgan fingerprint density at radius 3 is 2.27 bits per heavy atom. The summed E-state index contributed by atoms with van der Waals surface area (Å²) in [7, 11) is 4.56. The smallest absolute Gasteiger partial charge is 0.270 e. The molecule has 4 rings (SSSR count). The van der Waals surface area contributed by atoms with Gasteiger partial charge in [0.15, 0.2) is 11.5 Å². The lowest BCUT2D eigenvalue weighted by molar-refractivity contribution is -0.384. The number of rotatable bonds is 9. The van der Waals surface area contributed by atoms with Gasteiger partial charge in [0.05, 0.1) is 48.7 Å². The van der Waals surface area contributed by atoms with Crippen LogP contribution in [0.5, 0.6) is 17.2 Å². The Kier molecular flexibility index (Phi) is 7.19. The number of carbonyl (C=O) groups excluding carboxylic acids is 1. The van der Waals surface area contributed by atoms with Crippen molar-refractivity contribution in [2.24, 2.45) is 0 Å². The molecule has 2 N–H and O–H groups in total. The molecule has 1 amide bonds. The predicted octanol–water partition coefficient (Wildman–Crippen LogP) is 4.74. The molecule has 0 spiro atoms. The maximum absolute atomic E-state index is 13.3. The molecule has 1 heterocycles. The molecule has 3 aromatic carbocycles. The van der Waals surface area contributed by atoms with Gasteiger partial charge in [-0.3, -0.25) is 25.8 Å². The van der Waals surface area contributed by atoms with Gasteiger partial charge in [0.25, 0.3) is 11.6 Å². The fraction of sp³-hybridized carbons (Fsp3) is 0.111. The van der Waals surface area contributed by atoms with Crippen LogP contribution >= 0.6 is 0 Å². The maximum Gasteiger partial charge on any atom is 0.270 e. The van der Waals surface area contributed by atoms with Crippen molar-refractivity contribution in [3.05, 3.63) is 94.6 Å². The molecule has 0 unspecified atom stereocenters. The molecule has 0 atom stereocenters. The maximum atomic E-state index is 13.3. The Bertz CT molecular complexity index is 1490. The number of nitrogens with one attached hydrogen (secondary N) is 2. The van der Waals surface area contributed by atoms with Crippen molar-refractivity contribution in [1.82, 2.24) is 15.8 Å². The molecule has 1 aromatic heterocycles. The zero-order chi connectivity index (χ0) is 26.5. The third-order valence-corrected chi connectivity index (χ3v) is 5.65. The molecule has 10 heteroatoms. The highest BCUT2D eigenvalue weighted by Crippen LogP contribution is 2.41. The molecule has 0 saturated heterocycles. The summed E-state index contributed by atoms with van der Waals surface area (Å²) in [6.07, 6.45) is 0. The van der Waals surface area contributed by atoms with Gasteiger partial charge in [0.2, 0.25) is 5.75 Å². The van der Waals surface area contributed by atoms with Crippen LogP contribution in [-0.2, 0) is 0 Å². The molecule has 0 saturated carbocycles. The van der Waals surface area contributed by atoms with Crippen LogP contribution in [0.15, 0.2) is 73.3 Å². The zero-order valence-corrected chi connectivity index (χ0v) is 20.4. The first-order valence-corrected chi connectivity index (χ1v) is 11.1. The van der Waals surface area contributed by atoms with Crippen molar-refractivity contribution in [1.29, 1.82) is 0 Å². The largest absolute Gasteiger partial charge is 0.493 e. The molecule has 0 fully saturated rings. The fourth-order valence-corrected chi connectivity index (χ4v) is 3.82. The normalized spacial score (nSPS) is 10.5. The van der Waals surface area contributed by atoms with Gasteiger partial charge < -0.3 is 14.2 Å². The summed E-state index contributed by atoms with van der Waals surface area (Å²) in [6, 6.07) is 18.4. The number of nitro groups is 1. The summed E-state index contributed by atoms with van der Waals surface area (Å²) in [5.74, 6) is 0.899. The molecular formula is C27H24N4O6. The number of non-ortho nitro benzene ring substituents is 1. The number of para-hydroxylation sites is 1. The first-order valence-electron chi connectivity index (χ1n) is 11.1. The van der Waals surface area contributed by atoms with E-state index in [1.165, 1.54) is 33.5 Å². The van der Waals surface area contributed by atoms with Crippen LogP contribution < -0.4 is 25.1 Å². The van der Waals surface area contributed by atoms with Gasteiger partial charge in [-0.05, 0) is 24.3 Å². The molecule has 188 valence electrons. The molecule has 0 aliphatic rings. The number of hydrogen-bond donors (Lipinski definition) is 2. The third kappa shape index (κ3) is 5.13. The zero-order valence-electron chi connectivity index (χ0n) is 20.4. The lowest BCUT2D eigenvalue weighted by Gasteiger charge is -2.16. The monoisotopic (exact) mass is 500 g/mol. The summed E-state index contributed by atoms with van der Waals surface area (Å²) in [5.41, 5.74) is 8.18. The van der Waals surface area contributed by atoms with E-state index in [0.717, 1.165) is 0 Å². The van der Waals surface area contributed by atoms with Gasteiger partial charge in [-0.15, -0.1) is 0 Å². The number of methoxy groups -OCH3 is 3. The summed E-state index contributed by atoms with van der Waals surface area (Å²) in [4.78, 5) is 28.6. The molecule has 0 aliphatic carbocycles. The number of nitrogens with zero attached hydrogens (tertiary/aromatic N) is 2. The minimum Gasteiger partial charge on any atom is -0.493 e. The number of aromatic nitrogens is 1. The van der Waals surface area contributed by atoms with E-state index in [1.807, 2.05) is 18.2 Å². The van der Waals surface area contributed by atoms with E-state index in [4.69, 9.17) is 19.2 Å². The Labute approximate surface area is 212 Å². The highest BCUT2D eigenvalue weighted by Gasteiger charge is 2.18. The van der Waals surface area contributed by atoms with Crippen molar-refractivity contribution in [3.8, 4) is 28.5 Å². The topological polar surface area (TPSA) is 125 Å². The van der Waals surface area contributed by atoms with E-state index in [9.17, 15) is 14.9 Å². The summed E-state index contributed by atoms with van der Waals surface area (Å²) < 4.78 is 16.3. The summed E-state index contributed by atoms with van der Waals surface area (Å²) in [6.45, 7) is 3.87. The number of nitro benzene ring substituents is 1. The number of benzene rings is 3. The van der Waals surface area contributed by atoms with Gasteiger partial charge >= 0.3 is 0 Å². The Hall–Kier alpha value is -5.12. The van der Waals surface area contributed by atoms with E-state index < -0.39 is 10.8 Å². The van der Waals surface area contributed by atoms with E-state index >= 15 is 0 Å². The predicted molar refractivity (Wildman–Crippen MR) is 140 cm³/mol. The highest BCUT2D eigenvalue weighted by atomic mass is 16.6. The van der Waals surface area contributed by atoms with Crippen LogP contribution in [0.2, 0.25) is 0 Å². The van der Waals surface area contributed by atoms with E-state index in [2.05, 4.69) is 17.4 Å². The third-order valence-electron chi connectivity index (χ3n) is 5.65. The Morgan fingerprint density at radius 1 is 0.919 bits per heavy atom. The highest BCUT2D eigenvalue weighted by molar-refractivity contribution is 6.07. The molecule has 4 aromatic rings. The van der Waals surface area contributed by atoms with Crippen molar-refractivity contribution < 1.29 is 23.9 Å².